The molecule has 6 heteroatoms. The first-order chi connectivity index (χ1) is 11.0. The van der Waals surface area contributed by atoms with Gasteiger partial charge in [-0.25, -0.2) is 0 Å². The predicted molar refractivity (Wildman–Crippen MR) is 87.1 cm³/mol. The number of hydrogen-bond donors (Lipinski definition) is 2. The van der Waals surface area contributed by atoms with Crippen molar-refractivity contribution in [1.29, 1.82) is 0 Å². The van der Waals surface area contributed by atoms with E-state index in [2.05, 4.69) is 0 Å². The van der Waals surface area contributed by atoms with Crippen LogP contribution in [-0.2, 0) is 4.79 Å². The second kappa shape index (κ2) is 10.4. The molecule has 0 saturated carbocycles. The van der Waals surface area contributed by atoms with Gasteiger partial charge in [-0.3, -0.25) is 14.4 Å². The molecular formula is C17H23NO5. The van der Waals surface area contributed by atoms with Crippen LogP contribution in [0.4, 0.5) is 0 Å². The molecule has 1 aromatic rings. The fourth-order valence-corrected chi connectivity index (χ4v) is 2.14. The number of carbonyl (C=O) groups excluding carboxylic acids is 1. The quantitative estimate of drug-likeness (QED) is 0.609. The zero-order chi connectivity index (χ0) is 17.1. The van der Waals surface area contributed by atoms with Gasteiger partial charge in [0.2, 0.25) is 0 Å². The highest BCUT2D eigenvalue weighted by Gasteiger charge is 2.06. The van der Waals surface area contributed by atoms with E-state index in [4.69, 9.17) is 15.3 Å². The van der Waals surface area contributed by atoms with Gasteiger partial charge < -0.3 is 15.3 Å². The second-order valence-electron chi connectivity index (χ2n) is 5.38. The minimum absolute atomic E-state index is 0.148. The van der Waals surface area contributed by atoms with Gasteiger partial charge in [0.05, 0.1) is 0 Å². The summed E-state index contributed by atoms with van der Waals surface area (Å²) in [6.07, 6.45) is 11.8. The molecule has 0 aliphatic heterocycles. The van der Waals surface area contributed by atoms with E-state index >= 15 is 0 Å². The molecule has 0 aliphatic carbocycles. The molecular weight excluding hydrogens is 298 g/mol. The second-order valence-corrected chi connectivity index (χ2v) is 5.38. The Morgan fingerprint density at radius 1 is 1.13 bits per heavy atom. The fourth-order valence-electron chi connectivity index (χ4n) is 2.14. The number of hydrogen-bond acceptors (Lipinski definition) is 4. The van der Waals surface area contributed by atoms with Crippen molar-refractivity contribution in [1.82, 2.24) is 0 Å². The Morgan fingerprint density at radius 3 is 2.39 bits per heavy atom. The molecule has 0 saturated heterocycles. The van der Waals surface area contributed by atoms with E-state index in [1.807, 2.05) is 6.08 Å². The third kappa shape index (κ3) is 7.99. The highest BCUT2D eigenvalue weighted by Crippen LogP contribution is 2.10. The Bertz CT molecular complexity index is 603. The third-order valence-electron chi connectivity index (χ3n) is 3.41. The van der Waals surface area contributed by atoms with Gasteiger partial charge in [0, 0.05) is 12.5 Å². The molecule has 1 aromatic heterocycles. The summed E-state index contributed by atoms with van der Waals surface area (Å²) >= 11 is 0. The smallest absolute Gasteiger partial charge is 0.303 e. The number of unbranched alkanes of at least 4 members (excludes halogenated alkanes) is 6. The highest BCUT2D eigenvalue weighted by atomic mass is 16.4. The Morgan fingerprint density at radius 2 is 1.78 bits per heavy atom. The highest BCUT2D eigenvalue weighted by molar-refractivity contribution is 5.92. The van der Waals surface area contributed by atoms with Gasteiger partial charge in [-0.1, -0.05) is 31.8 Å². The van der Waals surface area contributed by atoms with Crippen LogP contribution in [-0.4, -0.2) is 17.0 Å². The zero-order valence-electron chi connectivity index (χ0n) is 13.1. The molecule has 0 spiro atoms. The summed E-state index contributed by atoms with van der Waals surface area (Å²) in [5.41, 5.74) is 4.44. The number of carboxylic acid groups (broad SMARTS) is 1. The summed E-state index contributed by atoms with van der Waals surface area (Å²) in [6.45, 7) is 0. The van der Waals surface area contributed by atoms with Crippen molar-refractivity contribution < 1.29 is 19.1 Å². The number of carbonyl (C=O) groups is 2. The largest absolute Gasteiger partial charge is 0.481 e. The molecule has 126 valence electrons. The lowest BCUT2D eigenvalue weighted by atomic mass is 10.1. The Kier molecular flexibility index (Phi) is 8.42. The SMILES string of the molecule is NC(=O)c1coc(C=CCCCCCCCCC(=O)O)cc1=O. The van der Waals surface area contributed by atoms with Crippen molar-refractivity contribution in [3.8, 4) is 0 Å². The van der Waals surface area contributed by atoms with Gasteiger partial charge in [0.1, 0.15) is 17.6 Å². The molecule has 6 nitrogen and oxygen atoms in total. The van der Waals surface area contributed by atoms with E-state index in [-0.39, 0.29) is 12.0 Å². The van der Waals surface area contributed by atoms with Crippen molar-refractivity contribution >= 4 is 18.0 Å². The van der Waals surface area contributed by atoms with E-state index in [9.17, 15) is 14.4 Å². The van der Waals surface area contributed by atoms with E-state index in [0.29, 0.717) is 5.76 Å². The third-order valence-corrected chi connectivity index (χ3v) is 3.41. The van der Waals surface area contributed by atoms with Crippen LogP contribution in [0.2, 0.25) is 0 Å². The molecule has 3 N–H and O–H groups in total. The Labute approximate surface area is 135 Å². The van der Waals surface area contributed by atoms with Crippen LogP contribution < -0.4 is 11.2 Å². The summed E-state index contributed by atoms with van der Waals surface area (Å²) in [5.74, 6) is -1.13. The van der Waals surface area contributed by atoms with Gasteiger partial charge in [0.25, 0.3) is 5.91 Å². The van der Waals surface area contributed by atoms with E-state index in [1.165, 1.54) is 6.07 Å². The minimum Gasteiger partial charge on any atom is -0.481 e. The first-order valence-corrected chi connectivity index (χ1v) is 7.81. The van der Waals surface area contributed by atoms with E-state index < -0.39 is 17.3 Å². The molecule has 0 unspecified atom stereocenters. The van der Waals surface area contributed by atoms with Crippen LogP contribution in [0.25, 0.3) is 6.08 Å². The van der Waals surface area contributed by atoms with Crippen LogP contribution in [0.3, 0.4) is 0 Å². The van der Waals surface area contributed by atoms with Crippen molar-refractivity contribution in [3.05, 3.63) is 40.0 Å². The molecule has 1 rings (SSSR count). The lowest BCUT2D eigenvalue weighted by Gasteiger charge is -1.99. The van der Waals surface area contributed by atoms with Crippen molar-refractivity contribution in [2.45, 2.75) is 51.4 Å². The first kappa shape index (κ1) is 18.7. The summed E-state index contributed by atoms with van der Waals surface area (Å²) in [5, 5.41) is 8.51. The maximum atomic E-state index is 11.6. The van der Waals surface area contributed by atoms with E-state index in [1.54, 1.807) is 6.08 Å². The van der Waals surface area contributed by atoms with Crippen LogP contribution in [0.1, 0.15) is 67.5 Å². The lowest BCUT2D eigenvalue weighted by molar-refractivity contribution is -0.137. The summed E-state index contributed by atoms with van der Waals surface area (Å²) < 4.78 is 5.16. The number of aliphatic carboxylic acids is 1. The molecule has 0 aromatic carbocycles. The summed E-state index contributed by atoms with van der Waals surface area (Å²) in [4.78, 5) is 32.8. The number of allylic oxidation sites excluding steroid dienone is 1. The Balaban J connectivity index is 2.17. The zero-order valence-corrected chi connectivity index (χ0v) is 13.1. The van der Waals surface area contributed by atoms with Gasteiger partial charge in [-0.15, -0.1) is 0 Å². The number of rotatable bonds is 11. The number of amides is 1. The van der Waals surface area contributed by atoms with Gasteiger partial charge in [0.15, 0.2) is 5.43 Å². The Hall–Kier alpha value is -2.37. The molecule has 23 heavy (non-hydrogen) atoms. The predicted octanol–water partition coefficient (Wildman–Crippen LogP) is 2.96. The number of primary amides is 1. The molecule has 0 atom stereocenters. The van der Waals surface area contributed by atoms with Crippen LogP contribution in [0.5, 0.6) is 0 Å². The van der Waals surface area contributed by atoms with Gasteiger partial charge >= 0.3 is 5.97 Å². The number of carboxylic acids is 1. The first-order valence-electron chi connectivity index (χ1n) is 7.81. The maximum absolute atomic E-state index is 11.6. The van der Waals surface area contributed by atoms with Crippen molar-refractivity contribution in [2.75, 3.05) is 0 Å². The molecule has 0 fully saturated rings. The van der Waals surface area contributed by atoms with Gasteiger partial charge in [-0.05, 0) is 25.3 Å². The molecule has 1 heterocycles. The molecule has 1 amide bonds. The average molecular weight is 321 g/mol. The van der Waals surface area contributed by atoms with E-state index in [0.717, 1.165) is 51.2 Å². The maximum Gasteiger partial charge on any atom is 0.303 e. The van der Waals surface area contributed by atoms with Crippen LogP contribution in [0, 0.1) is 0 Å². The normalized spacial score (nSPS) is 11.0. The fraction of sp³-hybridized carbons (Fsp3) is 0.471. The lowest BCUT2D eigenvalue weighted by Crippen LogP contribution is -2.20. The standard InChI is InChI=1S/C17H23NO5/c18-17(22)14-12-23-13(11-15(14)19)9-7-5-3-1-2-4-6-8-10-16(20)21/h7,9,11-12H,1-6,8,10H2,(H2,18,22)(H,20,21). The molecule has 0 radical (unpaired) electrons. The van der Waals surface area contributed by atoms with Crippen LogP contribution in [0.15, 0.2) is 27.6 Å². The van der Waals surface area contributed by atoms with Gasteiger partial charge in [-0.2, -0.15) is 0 Å². The molecule has 0 aliphatic rings. The average Bonchev–Trinajstić information content (AvgIpc) is 2.48. The minimum atomic E-state index is -0.794. The van der Waals surface area contributed by atoms with Crippen molar-refractivity contribution in [3.63, 3.8) is 0 Å². The topological polar surface area (TPSA) is 111 Å². The molecule has 0 bridgehead atoms. The summed E-state index contributed by atoms with van der Waals surface area (Å²) in [6, 6.07) is 1.25. The monoisotopic (exact) mass is 321 g/mol. The number of nitrogens with two attached hydrogens (primary N) is 1. The summed E-state index contributed by atoms with van der Waals surface area (Å²) in [7, 11) is 0. The van der Waals surface area contributed by atoms with Crippen LogP contribution >= 0.6 is 0 Å². The van der Waals surface area contributed by atoms with Crippen molar-refractivity contribution in [2.24, 2.45) is 5.73 Å².